The number of anilines is 1. The third-order valence-corrected chi connectivity index (χ3v) is 4.93. The third kappa shape index (κ3) is 4.21. The fourth-order valence-corrected chi connectivity index (χ4v) is 3.34. The Kier molecular flexibility index (Phi) is 5.41. The summed E-state index contributed by atoms with van der Waals surface area (Å²) in [6, 6.07) is 8.01. The molecule has 0 aliphatic carbocycles. The van der Waals surface area contributed by atoms with Gasteiger partial charge in [0, 0.05) is 51.2 Å². The number of aryl methyl sites for hydroxylation is 1. The minimum atomic E-state index is 0.144. The second-order valence-electron chi connectivity index (χ2n) is 7.12. The topological polar surface area (TPSA) is 41.4 Å². The maximum atomic E-state index is 12.6. The molecule has 0 radical (unpaired) electrons. The van der Waals surface area contributed by atoms with Gasteiger partial charge >= 0.3 is 0 Å². The second kappa shape index (κ2) is 7.72. The number of carbonyl (C=O) groups excluding carboxylic acids is 1. The van der Waals surface area contributed by atoms with E-state index in [9.17, 15) is 4.79 Å². The number of likely N-dealkylation sites (tertiary alicyclic amines) is 1. The van der Waals surface area contributed by atoms with Crippen LogP contribution in [0.15, 0.2) is 36.7 Å². The Balaban J connectivity index is 1.50. The number of amides is 1. The number of hydrogen-bond donors (Lipinski definition) is 0. The van der Waals surface area contributed by atoms with Crippen LogP contribution in [0.5, 0.6) is 0 Å². The van der Waals surface area contributed by atoms with E-state index in [1.807, 2.05) is 35.0 Å². The van der Waals surface area contributed by atoms with Crippen LogP contribution in [0.2, 0.25) is 0 Å². The molecule has 0 N–H and O–H groups in total. The van der Waals surface area contributed by atoms with E-state index in [-0.39, 0.29) is 5.91 Å². The Hall–Kier alpha value is -2.30. The van der Waals surface area contributed by atoms with E-state index in [0.29, 0.717) is 5.92 Å². The van der Waals surface area contributed by atoms with E-state index in [2.05, 4.69) is 42.3 Å². The van der Waals surface area contributed by atoms with E-state index >= 15 is 0 Å². The summed E-state index contributed by atoms with van der Waals surface area (Å²) in [5, 5.41) is 4.20. The molecular weight excluding hydrogens is 312 g/mol. The van der Waals surface area contributed by atoms with Crippen molar-refractivity contribution >= 4 is 11.6 Å². The third-order valence-electron chi connectivity index (χ3n) is 4.93. The van der Waals surface area contributed by atoms with Gasteiger partial charge in [0.2, 0.25) is 0 Å². The van der Waals surface area contributed by atoms with Crippen molar-refractivity contribution in [3.8, 4) is 0 Å². The molecule has 1 aliphatic rings. The fraction of sp³-hybridized carbons (Fsp3) is 0.500. The molecule has 25 heavy (non-hydrogen) atoms. The first-order valence-electron chi connectivity index (χ1n) is 9.14. The quantitative estimate of drug-likeness (QED) is 0.778. The zero-order chi connectivity index (χ0) is 17.8. The van der Waals surface area contributed by atoms with Crippen molar-refractivity contribution in [2.24, 2.45) is 13.0 Å². The summed E-state index contributed by atoms with van der Waals surface area (Å²) in [5.74, 6) is 0.692. The van der Waals surface area contributed by atoms with Gasteiger partial charge in [0.15, 0.2) is 0 Å². The molecular formula is C20H28N4O. The molecule has 0 bridgehead atoms. The van der Waals surface area contributed by atoms with E-state index in [4.69, 9.17) is 0 Å². The SMILES string of the molecule is CCCCN(C)c1ccc(C(=O)N2CC(Cc3cnn(C)c3)C2)cc1. The van der Waals surface area contributed by atoms with Crippen molar-refractivity contribution in [2.45, 2.75) is 26.2 Å². The molecule has 5 heteroatoms. The first-order valence-corrected chi connectivity index (χ1v) is 9.14. The Morgan fingerprint density at radius 2 is 2.00 bits per heavy atom. The van der Waals surface area contributed by atoms with Crippen LogP contribution in [-0.2, 0) is 13.5 Å². The monoisotopic (exact) mass is 340 g/mol. The molecule has 1 aromatic carbocycles. The van der Waals surface area contributed by atoms with E-state index in [0.717, 1.165) is 31.6 Å². The van der Waals surface area contributed by atoms with E-state index < -0.39 is 0 Å². The van der Waals surface area contributed by atoms with Crippen molar-refractivity contribution in [2.75, 3.05) is 31.6 Å². The maximum Gasteiger partial charge on any atom is 0.253 e. The molecule has 1 saturated heterocycles. The first-order chi connectivity index (χ1) is 12.1. The lowest BCUT2D eigenvalue weighted by molar-refractivity contribution is 0.0501. The second-order valence-corrected chi connectivity index (χ2v) is 7.12. The number of aromatic nitrogens is 2. The van der Waals surface area contributed by atoms with Crippen molar-refractivity contribution in [1.29, 1.82) is 0 Å². The summed E-state index contributed by atoms with van der Waals surface area (Å²) in [5.41, 5.74) is 3.20. The fourth-order valence-electron chi connectivity index (χ4n) is 3.34. The van der Waals surface area contributed by atoms with Gasteiger partial charge in [-0.25, -0.2) is 0 Å². The number of carbonyl (C=O) groups is 1. The summed E-state index contributed by atoms with van der Waals surface area (Å²) in [6.45, 7) is 4.92. The molecule has 1 fully saturated rings. The molecule has 0 unspecified atom stereocenters. The highest BCUT2D eigenvalue weighted by Gasteiger charge is 2.31. The maximum absolute atomic E-state index is 12.6. The molecule has 0 atom stereocenters. The largest absolute Gasteiger partial charge is 0.375 e. The molecule has 1 aromatic heterocycles. The van der Waals surface area contributed by atoms with Crippen LogP contribution >= 0.6 is 0 Å². The van der Waals surface area contributed by atoms with Gasteiger partial charge in [-0.15, -0.1) is 0 Å². The molecule has 5 nitrogen and oxygen atoms in total. The number of benzene rings is 1. The van der Waals surface area contributed by atoms with Gasteiger partial charge in [-0.2, -0.15) is 5.10 Å². The average molecular weight is 340 g/mol. The Labute approximate surface area is 150 Å². The van der Waals surface area contributed by atoms with Gasteiger partial charge in [0.05, 0.1) is 6.20 Å². The normalized spacial score (nSPS) is 14.4. The molecule has 0 spiro atoms. The molecule has 134 valence electrons. The van der Waals surface area contributed by atoms with E-state index in [1.165, 1.54) is 24.1 Å². The average Bonchev–Trinajstić information content (AvgIpc) is 3.00. The van der Waals surface area contributed by atoms with Gasteiger partial charge in [-0.05, 0) is 48.6 Å². The first kappa shape index (κ1) is 17.5. The predicted molar refractivity (Wildman–Crippen MR) is 101 cm³/mol. The van der Waals surface area contributed by atoms with Crippen LogP contribution in [0.3, 0.4) is 0 Å². The lowest BCUT2D eigenvalue weighted by Gasteiger charge is -2.39. The zero-order valence-corrected chi connectivity index (χ0v) is 15.5. The summed E-state index contributed by atoms with van der Waals surface area (Å²) in [4.78, 5) is 16.8. The van der Waals surface area contributed by atoms with Crippen LogP contribution in [-0.4, -0.2) is 47.3 Å². The van der Waals surface area contributed by atoms with Crippen LogP contribution in [0.25, 0.3) is 0 Å². The summed E-state index contributed by atoms with van der Waals surface area (Å²) < 4.78 is 1.83. The number of rotatable bonds is 7. The molecule has 2 aromatic rings. The summed E-state index contributed by atoms with van der Waals surface area (Å²) in [7, 11) is 4.04. The van der Waals surface area contributed by atoms with Gasteiger partial charge in [0.25, 0.3) is 5.91 Å². The Bertz CT molecular complexity index is 701. The van der Waals surface area contributed by atoms with Crippen LogP contribution in [0.4, 0.5) is 5.69 Å². The number of hydrogen-bond acceptors (Lipinski definition) is 3. The highest BCUT2D eigenvalue weighted by Crippen LogP contribution is 2.23. The van der Waals surface area contributed by atoms with Crippen LogP contribution in [0.1, 0.15) is 35.7 Å². The van der Waals surface area contributed by atoms with Crippen molar-refractivity contribution in [3.05, 3.63) is 47.8 Å². The predicted octanol–water partition coefficient (Wildman–Crippen LogP) is 2.97. The van der Waals surface area contributed by atoms with Crippen LogP contribution < -0.4 is 4.90 Å². The summed E-state index contributed by atoms with van der Waals surface area (Å²) >= 11 is 0. The lowest BCUT2D eigenvalue weighted by Crippen LogP contribution is -2.50. The minimum Gasteiger partial charge on any atom is -0.375 e. The van der Waals surface area contributed by atoms with Crippen molar-refractivity contribution < 1.29 is 4.79 Å². The molecule has 3 rings (SSSR count). The van der Waals surface area contributed by atoms with Gasteiger partial charge in [0.1, 0.15) is 0 Å². The smallest absolute Gasteiger partial charge is 0.253 e. The Morgan fingerprint density at radius 1 is 1.28 bits per heavy atom. The van der Waals surface area contributed by atoms with E-state index in [1.54, 1.807) is 0 Å². The minimum absolute atomic E-state index is 0.144. The molecule has 2 heterocycles. The standard InChI is InChI=1S/C20H28N4O/c1-4-5-10-22(2)19-8-6-18(7-9-19)20(25)24-14-17(15-24)11-16-12-21-23(3)13-16/h6-9,12-13,17H,4-5,10-11,14-15H2,1-3H3. The van der Waals surface area contributed by atoms with Crippen molar-refractivity contribution in [1.82, 2.24) is 14.7 Å². The summed E-state index contributed by atoms with van der Waals surface area (Å²) in [6.07, 6.45) is 7.34. The molecule has 1 amide bonds. The van der Waals surface area contributed by atoms with Gasteiger partial charge in [-0.3, -0.25) is 9.48 Å². The molecule has 0 saturated carbocycles. The van der Waals surface area contributed by atoms with Gasteiger partial charge in [-0.1, -0.05) is 13.3 Å². The van der Waals surface area contributed by atoms with Crippen LogP contribution in [0, 0.1) is 5.92 Å². The highest BCUT2D eigenvalue weighted by molar-refractivity contribution is 5.95. The molecule has 1 aliphatic heterocycles. The number of nitrogens with zero attached hydrogens (tertiary/aromatic N) is 4. The number of unbranched alkanes of at least 4 members (excludes halogenated alkanes) is 1. The van der Waals surface area contributed by atoms with Gasteiger partial charge < -0.3 is 9.80 Å². The zero-order valence-electron chi connectivity index (χ0n) is 15.5. The van der Waals surface area contributed by atoms with Crippen molar-refractivity contribution in [3.63, 3.8) is 0 Å². The highest BCUT2D eigenvalue weighted by atomic mass is 16.2. The lowest BCUT2D eigenvalue weighted by atomic mass is 9.93. The Morgan fingerprint density at radius 3 is 2.60 bits per heavy atom.